The Morgan fingerprint density at radius 3 is 2.59 bits per heavy atom. The zero-order valence-corrected chi connectivity index (χ0v) is 11.8. The van der Waals surface area contributed by atoms with E-state index in [1.807, 2.05) is 13.2 Å². The van der Waals surface area contributed by atoms with Gasteiger partial charge < -0.3 is 5.32 Å². The molecule has 1 nitrogen and oxygen atoms in total. The summed E-state index contributed by atoms with van der Waals surface area (Å²) in [5.74, 6) is 0. The molecule has 1 aromatic carbocycles. The Kier molecular flexibility index (Phi) is 5.19. The van der Waals surface area contributed by atoms with E-state index in [1.54, 1.807) is 11.8 Å². The first-order chi connectivity index (χ1) is 7.84. The van der Waals surface area contributed by atoms with Crippen LogP contribution in [0.1, 0.15) is 12.5 Å². The molecule has 0 aliphatic carbocycles. The molecule has 0 aliphatic rings. The summed E-state index contributed by atoms with van der Waals surface area (Å²) in [5.41, 5.74) is -0.512. The molecule has 1 unspecified atom stereocenters. The fraction of sp³-hybridized carbons (Fsp3) is 0.455. The van der Waals surface area contributed by atoms with Crippen LogP contribution < -0.4 is 5.32 Å². The summed E-state index contributed by atoms with van der Waals surface area (Å²) < 4.78 is 38.8. The number of rotatable bonds is 4. The molecule has 0 amide bonds. The van der Waals surface area contributed by atoms with Gasteiger partial charge in [-0.15, -0.1) is 0 Å². The molecule has 1 atom stereocenters. The summed E-state index contributed by atoms with van der Waals surface area (Å²) in [6.45, 7) is 2.46. The van der Waals surface area contributed by atoms with E-state index in [-0.39, 0.29) is 10.9 Å². The van der Waals surface area contributed by atoms with Gasteiger partial charge in [0, 0.05) is 22.0 Å². The minimum Gasteiger partial charge on any atom is -0.383 e. The van der Waals surface area contributed by atoms with Crippen molar-refractivity contribution in [2.75, 3.05) is 18.1 Å². The Balaban J connectivity index is 2.92. The summed E-state index contributed by atoms with van der Waals surface area (Å²) in [4.78, 5) is 0. The highest BCUT2D eigenvalue weighted by Crippen LogP contribution is 2.36. The van der Waals surface area contributed by atoms with Crippen LogP contribution >= 0.6 is 27.7 Å². The first-order valence-corrected chi connectivity index (χ1v) is 7.06. The second kappa shape index (κ2) is 6.00. The first kappa shape index (κ1) is 14.7. The molecule has 1 N–H and O–H groups in total. The molecule has 0 aliphatic heterocycles. The molecule has 0 saturated heterocycles. The fourth-order valence-corrected chi connectivity index (χ4v) is 1.86. The van der Waals surface area contributed by atoms with Crippen LogP contribution in [0.4, 0.5) is 18.9 Å². The molecule has 6 heteroatoms. The molecular weight excluding hydrogens is 315 g/mol. The standard InChI is InChI=1S/C11H13BrF3NS/c1-7(17-2)6-16-10-5-8(12)3-4-9(10)11(13,14)15/h3-5,7,16H,6H2,1-2H3. The van der Waals surface area contributed by atoms with Crippen molar-refractivity contribution in [2.45, 2.75) is 18.3 Å². The lowest BCUT2D eigenvalue weighted by molar-refractivity contribution is -0.136. The van der Waals surface area contributed by atoms with Crippen LogP contribution in [0.3, 0.4) is 0 Å². The molecule has 0 heterocycles. The zero-order chi connectivity index (χ0) is 13.1. The molecule has 0 fully saturated rings. The SMILES string of the molecule is CSC(C)CNc1cc(Br)ccc1C(F)(F)F. The maximum Gasteiger partial charge on any atom is 0.418 e. The Morgan fingerprint density at radius 2 is 2.06 bits per heavy atom. The van der Waals surface area contributed by atoms with E-state index in [0.29, 0.717) is 11.0 Å². The average molecular weight is 328 g/mol. The summed E-state index contributed by atoms with van der Waals surface area (Å²) in [6, 6.07) is 3.93. The van der Waals surface area contributed by atoms with E-state index in [9.17, 15) is 13.2 Å². The van der Waals surface area contributed by atoms with Crippen molar-refractivity contribution in [1.82, 2.24) is 0 Å². The molecule has 0 radical (unpaired) electrons. The monoisotopic (exact) mass is 327 g/mol. The van der Waals surface area contributed by atoms with Gasteiger partial charge in [0.1, 0.15) is 0 Å². The summed E-state index contributed by atoms with van der Waals surface area (Å²) in [7, 11) is 0. The van der Waals surface area contributed by atoms with Crippen LogP contribution in [0, 0.1) is 0 Å². The van der Waals surface area contributed by atoms with Gasteiger partial charge in [-0.2, -0.15) is 24.9 Å². The smallest absolute Gasteiger partial charge is 0.383 e. The number of nitrogens with one attached hydrogen (secondary N) is 1. The maximum atomic E-state index is 12.7. The number of thioether (sulfide) groups is 1. The molecule has 0 saturated carbocycles. The molecule has 1 rings (SSSR count). The normalized spacial score (nSPS) is 13.5. The molecule has 96 valence electrons. The van der Waals surface area contributed by atoms with Gasteiger partial charge in [0.05, 0.1) is 5.56 Å². The third-order valence-electron chi connectivity index (χ3n) is 2.27. The van der Waals surface area contributed by atoms with Crippen LogP contribution in [0.25, 0.3) is 0 Å². The Labute approximate surface area is 111 Å². The number of hydrogen-bond donors (Lipinski definition) is 1. The molecular formula is C11H13BrF3NS. The lowest BCUT2D eigenvalue weighted by Gasteiger charge is -2.16. The van der Waals surface area contributed by atoms with Crippen molar-refractivity contribution in [3.63, 3.8) is 0 Å². The highest BCUT2D eigenvalue weighted by Gasteiger charge is 2.33. The van der Waals surface area contributed by atoms with Crippen LogP contribution in [0.2, 0.25) is 0 Å². The Bertz CT molecular complexity index is 381. The van der Waals surface area contributed by atoms with Crippen molar-refractivity contribution in [1.29, 1.82) is 0 Å². The molecule has 1 aromatic rings. The predicted molar refractivity (Wildman–Crippen MR) is 70.6 cm³/mol. The molecule has 0 bridgehead atoms. The van der Waals surface area contributed by atoms with E-state index in [0.717, 1.165) is 6.07 Å². The number of anilines is 1. The van der Waals surface area contributed by atoms with Crippen molar-refractivity contribution >= 4 is 33.4 Å². The number of benzene rings is 1. The van der Waals surface area contributed by atoms with Crippen molar-refractivity contribution in [2.24, 2.45) is 0 Å². The molecule has 0 spiro atoms. The van der Waals surface area contributed by atoms with Gasteiger partial charge in [-0.1, -0.05) is 22.9 Å². The van der Waals surface area contributed by atoms with Gasteiger partial charge in [-0.05, 0) is 24.5 Å². The lowest BCUT2D eigenvalue weighted by atomic mass is 10.1. The molecule has 17 heavy (non-hydrogen) atoms. The van der Waals surface area contributed by atoms with Crippen molar-refractivity contribution < 1.29 is 13.2 Å². The summed E-state index contributed by atoms with van der Waals surface area (Å²) >= 11 is 4.78. The third kappa shape index (κ3) is 4.43. The van der Waals surface area contributed by atoms with Crippen LogP contribution in [-0.2, 0) is 6.18 Å². The van der Waals surface area contributed by atoms with Crippen molar-refractivity contribution in [3.05, 3.63) is 28.2 Å². The average Bonchev–Trinajstić information content (AvgIpc) is 2.24. The lowest BCUT2D eigenvalue weighted by Crippen LogP contribution is -2.16. The minimum atomic E-state index is -4.33. The second-order valence-electron chi connectivity index (χ2n) is 3.61. The van der Waals surface area contributed by atoms with Gasteiger partial charge in [0.2, 0.25) is 0 Å². The van der Waals surface area contributed by atoms with Gasteiger partial charge in [0.25, 0.3) is 0 Å². The Hall–Kier alpha value is -0.360. The quantitative estimate of drug-likeness (QED) is 0.865. The first-order valence-electron chi connectivity index (χ1n) is 4.98. The maximum absolute atomic E-state index is 12.7. The second-order valence-corrected chi connectivity index (χ2v) is 5.81. The van der Waals surface area contributed by atoms with Crippen LogP contribution in [-0.4, -0.2) is 18.1 Å². The van der Waals surface area contributed by atoms with Crippen molar-refractivity contribution in [3.8, 4) is 0 Å². The number of alkyl halides is 3. The topological polar surface area (TPSA) is 12.0 Å². The summed E-state index contributed by atoms with van der Waals surface area (Å²) in [6.07, 6.45) is -2.40. The number of halogens is 4. The highest BCUT2D eigenvalue weighted by molar-refractivity contribution is 9.10. The predicted octanol–water partition coefficient (Wildman–Crippen LogP) is 4.63. The largest absolute Gasteiger partial charge is 0.418 e. The zero-order valence-electron chi connectivity index (χ0n) is 9.44. The fourth-order valence-electron chi connectivity index (χ4n) is 1.25. The van der Waals surface area contributed by atoms with E-state index in [1.165, 1.54) is 12.1 Å². The van der Waals surface area contributed by atoms with Gasteiger partial charge in [-0.3, -0.25) is 0 Å². The molecule has 0 aromatic heterocycles. The minimum absolute atomic E-state index is 0.118. The highest BCUT2D eigenvalue weighted by atomic mass is 79.9. The summed E-state index contributed by atoms with van der Waals surface area (Å²) in [5, 5.41) is 3.10. The Morgan fingerprint density at radius 1 is 1.41 bits per heavy atom. The van der Waals surface area contributed by atoms with E-state index in [4.69, 9.17) is 0 Å². The van der Waals surface area contributed by atoms with E-state index >= 15 is 0 Å². The van der Waals surface area contributed by atoms with Gasteiger partial charge in [-0.25, -0.2) is 0 Å². The van der Waals surface area contributed by atoms with Gasteiger partial charge in [0.15, 0.2) is 0 Å². The van der Waals surface area contributed by atoms with Crippen LogP contribution in [0.15, 0.2) is 22.7 Å². The third-order valence-corrected chi connectivity index (χ3v) is 3.73. The van der Waals surface area contributed by atoms with Crippen LogP contribution in [0.5, 0.6) is 0 Å². The van der Waals surface area contributed by atoms with Gasteiger partial charge >= 0.3 is 6.18 Å². The van der Waals surface area contributed by atoms with E-state index < -0.39 is 11.7 Å². The number of hydrogen-bond acceptors (Lipinski definition) is 2. The van der Waals surface area contributed by atoms with E-state index in [2.05, 4.69) is 21.2 Å².